The third-order valence-electron chi connectivity index (χ3n) is 4.08. The van der Waals surface area contributed by atoms with Gasteiger partial charge >= 0.3 is 0 Å². The number of rotatable bonds is 5. The molecule has 1 atom stereocenters. The smallest absolute Gasteiger partial charge is 0.252 e. The minimum Gasteiger partial charge on any atom is -0.465 e. The van der Waals surface area contributed by atoms with Gasteiger partial charge in [-0.15, -0.1) is 0 Å². The summed E-state index contributed by atoms with van der Waals surface area (Å²) in [5.41, 5.74) is 3.70. The molecule has 0 radical (unpaired) electrons. The van der Waals surface area contributed by atoms with Crippen molar-refractivity contribution < 1.29 is 9.21 Å². The van der Waals surface area contributed by atoms with Crippen molar-refractivity contribution in [1.82, 2.24) is 5.32 Å². The number of nitrogens with one attached hydrogen (secondary N) is 1. The van der Waals surface area contributed by atoms with E-state index in [1.807, 2.05) is 62.4 Å². The van der Waals surface area contributed by atoms with E-state index < -0.39 is 0 Å². The highest BCUT2D eigenvalue weighted by Crippen LogP contribution is 2.21. The second-order valence-corrected chi connectivity index (χ2v) is 6.05. The maximum Gasteiger partial charge on any atom is 0.252 e. The van der Waals surface area contributed by atoms with Crippen molar-refractivity contribution >= 4 is 17.6 Å². The number of furan rings is 1. The SMILES string of the molecule is Cc1ccc([C@H](C)NC(=O)/C(=C/c2ccco2)c2ccccc2)cc1. The molecule has 1 heterocycles. The van der Waals surface area contributed by atoms with Crippen LogP contribution in [0.1, 0.15) is 35.4 Å². The number of amides is 1. The van der Waals surface area contributed by atoms with Gasteiger partial charge in [-0.3, -0.25) is 4.79 Å². The summed E-state index contributed by atoms with van der Waals surface area (Å²) in [6.07, 6.45) is 3.37. The standard InChI is InChI=1S/C22H21NO2/c1-16-10-12-18(13-11-16)17(2)23-22(24)21(15-20-9-6-14-25-20)19-7-4-3-5-8-19/h3-15,17H,1-2H3,(H,23,24)/b21-15+/t17-/m0/s1. The van der Waals surface area contributed by atoms with Crippen LogP contribution in [0.25, 0.3) is 11.6 Å². The third-order valence-corrected chi connectivity index (χ3v) is 4.08. The minimum atomic E-state index is -0.129. The summed E-state index contributed by atoms with van der Waals surface area (Å²) < 4.78 is 5.38. The molecule has 1 amide bonds. The predicted octanol–water partition coefficient (Wildman–Crippen LogP) is 5.01. The number of hydrogen-bond donors (Lipinski definition) is 1. The molecule has 0 aliphatic rings. The maximum absolute atomic E-state index is 12.9. The van der Waals surface area contributed by atoms with Crippen molar-refractivity contribution in [2.45, 2.75) is 19.9 Å². The van der Waals surface area contributed by atoms with E-state index in [0.717, 1.165) is 11.1 Å². The highest BCUT2D eigenvalue weighted by atomic mass is 16.3. The van der Waals surface area contributed by atoms with E-state index in [0.29, 0.717) is 11.3 Å². The molecule has 0 fully saturated rings. The summed E-state index contributed by atoms with van der Waals surface area (Å²) in [4.78, 5) is 12.9. The monoisotopic (exact) mass is 331 g/mol. The summed E-state index contributed by atoms with van der Waals surface area (Å²) in [6, 6.07) is 21.3. The van der Waals surface area contributed by atoms with Crippen LogP contribution in [0.4, 0.5) is 0 Å². The lowest BCUT2D eigenvalue weighted by molar-refractivity contribution is -0.116. The first-order valence-electron chi connectivity index (χ1n) is 8.31. The largest absolute Gasteiger partial charge is 0.465 e. The molecular weight excluding hydrogens is 310 g/mol. The van der Waals surface area contributed by atoms with Gasteiger partial charge in [-0.05, 0) is 43.2 Å². The number of benzene rings is 2. The molecule has 0 spiro atoms. The Bertz CT molecular complexity index is 847. The Morgan fingerprint density at radius 2 is 1.72 bits per heavy atom. The Morgan fingerprint density at radius 1 is 1.00 bits per heavy atom. The molecule has 0 aliphatic carbocycles. The quantitative estimate of drug-likeness (QED) is 0.668. The third kappa shape index (κ3) is 4.27. The predicted molar refractivity (Wildman–Crippen MR) is 101 cm³/mol. The van der Waals surface area contributed by atoms with Gasteiger partial charge in [0.1, 0.15) is 5.76 Å². The van der Waals surface area contributed by atoms with E-state index in [2.05, 4.69) is 17.4 Å². The van der Waals surface area contributed by atoms with Crippen LogP contribution in [0.15, 0.2) is 77.4 Å². The van der Waals surface area contributed by atoms with E-state index >= 15 is 0 Å². The van der Waals surface area contributed by atoms with Crippen LogP contribution >= 0.6 is 0 Å². The Balaban J connectivity index is 1.86. The van der Waals surface area contributed by atoms with Crippen LogP contribution in [0.5, 0.6) is 0 Å². The lowest BCUT2D eigenvalue weighted by Crippen LogP contribution is -2.27. The van der Waals surface area contributed by atoms with E-state index in [1.165, 1.54) is 5.56 Å². The molecule has 0 bridgehead atoms. The van der Waals surface area contributed by atoms with Crippen molar-refractivity contribution in [3.63, 3.8) is 0 Å². The van der Waals surface area contributed by atoms with E-state index in [9.17, 15) is 4.79 Å². The second-order valence-electron chi connectivity index (χ2n) is 6.05. The van der Waals surface area contributed by atoms with Gasteiger partial charge in [0.25, 0.3) is 5.91 Å². The molecule has 2 aromatic carbocycles. The molecule has 25 heavy (non-hydrogen) atoms. The van der Waals surface area contributed by atoms with Crippen LogP contribution in [-0.4, -0.2) is 5.91 Å². The molecule has 0 unspecified atom stereocenters. The fourth-order valence-corrected chi connectivity index (χ4v) is 2.63. The van der Waals surface area contributed by atoms with Crippen molar-refractivity contribution in [2.75, 3.05) is 0 Å². The first-order chi connectivity index (χ1) is 12.1. The summed E-state index contributed by atoms with van der Waals surface area (Å²) >= 11 is 0. The molecule has 3 nitrogen and oxygen atoms in total. The average Bonchev–Trinajstić information content (AvgIpc) is 3.14. The lowest BCUT2D eigenvalue weighted by Gasteiger charge is -2.16. The van der Waals surface area contributed by atoms with Crippen LogP contribution in [0.3, 0.4) is 0 Å². The topological polar surface area (TPSA) is 42.2 Å². The average molecular weight is 331 g/mol. The van der Waals surface area contributed by atoms with Gasteiger partial charge in [-0.2, -0.15) is 0 Å². The van der Waals surface area contributed by atoms with Gasteiger partial charge in [-0.1, -0.05) is 60.2 Å². The van der Waals surface area contributed by atoms with Gasteiger partial charge < -0.3 is 9.73 Å². The molecule has 1 aromatic heterocycles. The van der Waals surface area contributed by atoms with Gasteiger partial charge in [0.05, 0.1) is 17.9 Å². The molecule has 1 N–H and O–H groups in total. The highest BCUT2D eigenvalue weighted by molar-refractivity contribution is 6.24. The fourth-order valence-electron chi connectivity index (χ4n) is 2.63. The van der Waals surface area contributed by atoms with Crippen molar-refractivity contribution in [3.05, 3.63) is 95.4 Å². The van der Waals surface area contributed by atoms with Crippen molar-refractivity contribution in [2.24, 2.45) is 0 Å². The van der Waals surface area contributed by atoms with Gasteiger partial charge in [-0.25, -0.2) is 0 Å². The van der Waals surface area contributed by atoms with Crippen molar-refractivity contribution in [3.8, 4) is 0 Å². The Hall–Kier alpha value is -3.07. The minimum absolute atomic E-state index is 0.0863. The summed E-state index contributed by atoms with van der Waals surface area (Å²) in [6.45, 7) is 4.03. The lowest BCUT2D eigenvalue weighted by atomic mass is 10.0. The normalized spacial score (nSPS) is 12.6. The molecule has 3 heteroatoms. The Morgan fingerprint density at radius 3 is 2.36 bits per heavy atom. The van der Waals surface area contributed by atoms with Gasteiger partial charge in [0.15, 0.2) is 0 Å². The van der Waals surface area contributed by atoms with Crippen LogP contribution in [0, 0.1) is 6.92 Å². The van der Waals surface area contributed by atoms with Gasteiger partial charge in [0.2, 0.25) is 0 Å². The first-order valence-corrected chi connectivity index (χ1v) is 8.31. The summed E-state index contributed by atoms with van der Waals surface area (Å²) in [7, 11) is 0. The Kier molecular flexibility index (Phi) is 5.14. The van der Waals surface area contributed by atoms with Crippen LogP contribution in [0.2, 0.25) is 0 Å². The van der Waals surface area contributed by atoms with Crippen molar-refractivity contribution in [1.29, 1.82) is 0 Å². The van der Waals surface area contributed by atoms with E-state index in [-0.39, 0.29) is 11.9 Å². The number of aryl methyl sites for hydroxylation is 1. The number of carbonyl (C=O) groups excluding carboxylic acids is 1. The zero-order valence-corrected chi connectivity index (χ0v) is 14.4. The van der Waals surface area contributed by atoms with Crippen LogP contribution in [-0.2, 0) is 4.79 Å². The number of hydrogen-bond acceptors (Lipinski definition) is 2. The highest BCUT2D eigenvalue weighted by Gasteiger charge is 2.16. The molecule has 3 aromatic rings. The summed E-state index contributed by atoms with van der Waals surface area (Å²) in [5, 5.41) is 3.08. The fraction of sp³-hybridized carbons (Fsp3) is 0.136. The van der Waals surface area contributed by atoms with E-state index in [1.54, 1.807) is 18.4 Å². The Labute approximate surface area is 148 Å². The molecule has 0 saturated carbocycles. The zero-order chi connectivity index (χ0) is 17.6. The molecular formula is C22H21NO2. The molecule has 3 rings (SSSR count). The maximum atomic E-state index is 12.9. The molecule has 0 aliphatic heterocycles. The second kappa shape index (κ2) is 7.67. The molecule has 0 saturated heterocycles. The number of carbonyl (C=O) groups is 1. The van der Waals surface area contributed by atoms with Crippen LogP contribution < -0.4 is 5.32 Å². The first kappa shape index (κ1) is 16.8. The summed E-state index contributed by atoms with van der Waals surface area (Å²) in [5.74, 6) is 0.521. The molecule has 126 valence electrons. The zero-order valence-electron chi connectivity index (χ0n) is 14.4. The van der Waals surface area contributed by atoms with Gasteiger partial charge in [0, 0.05) is 0 Å². The van der Waals surface area contributed by atoms with E-state index in [4.69, 9.17) is 4.42 Å².